The number of hydrogen-bond acceptors (Lipinski definition) is 10. The van der Waals surface area contributed by atoms with Crippen LogP contribution < -0.4 is 11.2 Å². The van der Waals surface area contributed by atoms with Gasteiger partial charge in [0.2, 0.25) is 0 Å². The molecule has 4 aromatic rings. The number of piperidine rings is 1. The van der Waals surface area contributed by atoms with E-state index in [9.17, 15) is 30.3 Å². The lowest BCUT2D eigenvalue weighted by molar-refractivity contribution is -0.00199. The summed E-state index contributed by atoms with van der Waals surface area (Å²) in [6.45, 7) is 11.1. The van der Waals surface area contributed by atoms with Gasteiger partial charge in [-0.2, -0.15) is 0 Å². The molecule has 1 saturated heterocycles. The summed E-state index contributed by atoms with van der Waals surface area (Å²) >= 11 is 0. The van der Waals surface area contributed by atoms with Gasteiger partial charge in [0.15, 0.2) is 16.9 Å². The molecular formula is C34H44N2O8. The van der Waals surface area contributed by atoms with Crippen molar-refractivity contribution in [3.63, 3.8) is 0 Å². The molecule has 1 fully saturated rings. The molecule has 5 rings (SSSR count). The van der Waals surface area contributed by atoms with E-state index in [1.165, 1.54) is 49.6 Å². The molecule has 10 nitrogen and oxygen atoms in total. The predicted molar refractivity (Wildman–Crippen MR) is 171 cm³/mol. The zero-order chi connectivity index (χ0) is 33.0. The van der Waals surface area contributed by atoms with Crippen LogP contribution in [-0.4, -0.2) is 59.7 Å². The number of nitrogens with zero attached hydrogens (tertiary/aromatic N) is 1. The second kappa shape index (κ2) is 13.6. The van der Waals surface area contributed by atoms with Crippen molar-refractivity contribution in [2.75, 3.05) is 7.05 Å². The summed E-state index contributed by atoms with van der Waals surface area (Å²) < 4.78 is 5.47. The lowest BCUT2D eigenvalue weighted by atomic mass is 9.80. The standard InChI is InChI=1S/C15H10O6.C10H21N.C9H13NO2/c16-8-4-11(19)15-12(20)6-13(21-14(15)5-8)7-1-2-9(17)10(18)3-7;1-9(2)7-6-8-10(3,4)11(9)5;1-6(10)9(12)7-3-2-4-8(11)5-7/h1-6,16-19H;6-8H2,1-5H3;2-6,9,11-12H,10H2,1H3/t;;6-,9-/m..0/s1. The van der Waals surface area contributed by atoms with Gasteiger partial charge in [-0.05, 0) is 96.8 Å². The first-order valence-electron chi connectivity index (χ1n) is 14.4. The molecule has 1 aromatic heterocycles. The van der Waals surface area contributed by atoms with Gasteiger partial charge in [0.05, 0.1) is 6.10 Å². The number of likely N-dealkylation sites (tertiary alicyclic amines) is 1. The first-order valence-corrected chi connectivity index (χ1v) is 14.4. The van der Waals surface area contributed by atoms with Crippen LogP contribution in [0.3, 0.4) is 0 Å². The van der Waals surface area contributed by atoms with Gasteiger partial charge >= 0.3 is 0 Å². The van der Waals surface area contributed by atoms with E-state index in [-0.39, 0.29) is 51.5 Å². The summed E-state index contributed by atoms with van der Waals surface area (Å²) in [5, 5.41) is 56.4. The van der Waals surface area contributed by atoms with Crippen LogP contribution in [0.5, 0.6) is 28.7 Å². The van der Waals surface area contributed by atoms with Crippen LogP contribution in [-0.2, 0) is 0 Å². The monoisotopic (exact) mass is 608 g/mol. The summed E-state index contributed by atoms with van der Waals surface area (Å²) in [4.78, 5) is 14.6. The molecule has 8 N–H and O–H groups in total. The topological polar surface area (TPSA) is 181 Å². The molecule has 0 unspecified atom stereocenters. The lowest BCUT2D eigenvalue weighted by Gasteiger charge is -2.50. The summed E-state index contributed by atoms with van der Waals surface area (Å²) in [5.41, 5.74) is 6.83. The highest BCUT2D eigenvalue weighted by atomic mass is 16.3. The Bertz CT molecular complexity index is 1630. The van der Waals surface area contributed by atoms with Crippen LogP contribution in [0.2, 0.25) is 0 Å². The van der Waals surface area contributed by atoms with Crippen LogP contribution in [0.25, 0.3) is 22.3 Å². The SMILES string of the molecule is CN1C(C)(C)CCCC1(C)C.C[C@H](N)[C@H](O)c1cccc(O)c1.O=c1cc(-c2ccc(O)c(O)c2)oc2cc(O)cc(O)c12. The number of nitrogens with two attached hydrogens (primary N) is 1. The average Bonchev–Trinajstić information content (AvgIpc) is 2.92. The Kier molecular flexibility index (Phi) is 10.6. The van der Waals surface area contributed by atoms with Crippen LogP contribution in [0.1, 0.15) is 65.5 Å². The third-order valence-electron chi connectivity index (χ3n) is 8.16. The van der Waals surface area contributed by atoms with Crippen molar-refractivity contribution in [2.45, 2.75) is 77.1 Å². The largest absolute Gasteiger partial charge is 0.508 e. The van der Waals surface area contributed by atoms with Crippen molar-refractivity contribution in [1.82, 2.24) is 4.90 Å². The van der Waals surface area contributed by atoms with Crippen LogP contribution >= 0.6 is 0 Å². The maximum Gasteiger partial charge on any atom is 0.197 e. The minimum atomic E-state index is -0.711. The first kappa shape index (κ1) is 34.2. The number of aliphatic hydroxyl groups is 1. The molecule has 2 heterocycles. The molecule has 0 amide bonds. The van der Waals surface area contributed by atoms with Gasteiger partial charge in [0, 0.05) is 40.9 Å². The Morgan fingerprint density at radius 1 is 0.818 bits per heavy atom. The van der Waals surface area contributed by atoms with Crippen molar-refractivity contribution in [1.29, 1.82) is 0 Å². The number of phenols is 5. The number of fused-ring (bicyclic) bond motifs is 1. The number of aliphatic hydroxyl groups excluding tert-OH is 1. The normalized spacial score (nSPS) is 17.0. The van der Waals surface area contributed by atoms with E-state index in [0.29, 0.717) is 22.2 Å². The Balaban J connectivity index is 0.000000196. The number of benzene rings is 3. The zero-order valence-corrected chi connectivity index (χ0v) is 26.1. The van der Waals surface area contributed by atoms with E-state index >= 15 is 0 Å². The fraction of sp³-hybridized carbons (Fsp3) is 0.382. The first-order chi connectivity index (χ1) is 20.4. The van der Waals surface area contributed by atoms with E-state index in [0.717, 1.165) is 12.1 Å². The minimum absolute atomic E-state index is 0.0163. The van der Waals surface area contributed by atoms with Gasteiger partial charge in [-0.1, -0.05) is 12.1 Å². The smallest absolute Gasteiger partial charge is 0.197 e. The highest BCUT2D eigenvalue weighted by Gasteiger charge is 2.38. The molecule has 0 bridgehead atoms. The number of aromatic hydroxyl groups is 5. The van der Waals surface area contributed by atoms with Crippen molar-refractivity contribution in [3.8, 4) is 40.1 Å². The number of hydrogen-bond donors (Lipinski definition) is 7. The average molecular weight is 609 g/mol. The van der Waals surface area contributed by atoms with Crippen molar-refractivity contribution in [3.05, 3.63) is 76.5 Å². The summed E-state index contributed by atoms with van der Waals surface area (Å²) in [6.07, 6.45) is 3.35. The molecule has 0 radical (unpaired) electrons. The molecule has 238 valence electrons. The highest BCUT2D eigenvalue weighted by Crippen LogP contribution is 2.36. The van der Waals surface area contributed by atoms with Crippen LogP contribution in [0, 0.1) is 0 Å². The fourth-order valence-corrected chi connectivity index (χ4v) is 5.19. The maximum absolute atomic E-state index is 12.0. The van der Waals surface area contributed by atoms with Gasteiger partial charge in [-0.25, -0.2) is 0 Å². The van der Waals surface area contributed by atoms with Gasteiger partial charge < -0.3 is 40.8 Å². The van der Waals surface area contributed by atoms with Gasteiger partial charge in [-0.3, -0.25) is 9.69 Å². The number of rotatable bonds is 3. The van der Waals surface area contributed by atoms with Crippen molar-refractivity contribution in [2.24, 2.45) is 5.73 Å². The third kappa shape index (κ3) is 8.22. The lowest BCUT2D eigenvalue weighted by Crippen LogP contribution is -2.56. The molecule has 3 aromatic carbocycles. The van der Waals surface area contributed by atoms with E-state index in [1.807, 2.05) is 0 Å². The Morgan fingerprint density at radius 3 is 2.00 bits per heavy atom. The van der Waals surface area contributed by atoms with Crippen molar-refractivity contribution >= 4 is 11.0 Å². The molecule has 0 aliphatic carbocycles. The van der Waals surface area contributed by atoms with Crippen LogP contribution in [0.15, 0.2) is 69.9 Å². The van der Waals surface area contributed by atoms with Crippen LogP contribution in [0.4, 0.5) is 0 Å². The van der Waals surface area contributed by atoms with E-state index < -0.39 is 11.5 Å². The molecule has 44 heavy (non-hydrogen) atoms. The maximum atomic E-state index is 12.0. The van der Waals surface area contributed by atoms with E-state index in [2.05, 4.69) is 39.6 Å². The van der Waals surface area contributed by atoms with E-state index in [1.54, 1.807) is 25.1 Å². The summed E-state index contributed by atoms with van der Waals surface area (Å²) in [7, 11) is 2.25. The molecular weight excluding hydrogens is 564 g/mol. The Labute approximate surface area is 257 Å². The molecule has 1 aliphatic rings. The second-order valence-corrected chi connectivity index (χ2v) is 12.5. The molecule has 0 saturated carbocycles. The highest BCUT2D eigenvalue weighted by molar-refractivity contribution is 5.86. The number of phenolic OH excluding ortho intramolecular Hbond substituents is 5. The van der Waals surface area contributed by atoms with Gasteiger partial charge in [-0.15, -0.1) is 0 Å². The molecule has 2 atom stereocenters. The predicted octanol–water partition coefficient (Wildman–Crippen LogP) is 5.71. The third-order valence-corrected chi connectivity index (χ3v) is 8.16. The Morgan fingerprint density at radius 2 is 1.45 bits per heavy atom. The summed E-state index contributed by atoms with van der Waals surface area (Å²) in [6, 6.07) is 13.5. The van der Waals surface area contributed by atoms with Gasteiger partial charge in [0.25, 0.3) is 0 Å². The fourth-order valence-electron chi connectivity index (χ4n) is 5.19. The minimum Gasteiger partial charge on any atom is -0.508 e. The summed E-state index contributed by atoms with van der Waals surface area (Å²) in [5.74, 6) is -0.987. The molecule has 1 aliphatic heterocycles. The molecule has 10 heteroatoms. The second-order valence-electron chi connectivity index (χ2n) is 12.5. The zero-order valence-electron chi connectivity index (χ0n) is 26.1. The molecule has 0 spiro atoms. The van der Waals surface area contributed by atoms with Crippen molar-refractivity contribution < 1.29 is 35.1 Å². The Hall–Kier alpha value is -4.25. The van der Waals surface area contributed by atoms with E-state index in [4.69, 9.17) is 15.3 Å². The quantitative estimate of drug-likeness (QED) is 0.142. The van der Waals surface area contributed by atoms with Gasteiger partial charge in [0.1, 0.15) is 34.0 Å².